The van der Waals surface area contributed by atoms with Gasteiger partial charge >= 0.3 is 5.97 Å². The Labute approximate surface area is 231 Å². The Hall–Kier alpha value is -3.45. The van der Waals surface area contributed by atoms with Crippen molar-refractivity contribution in [2.24, 2.45) is 0 Å². The van der Waals surface area contributed by atoms with E-state index in [4.69, 9.17) is 25.9 Å². The maximum Gasteiger partial charge on any atom is 0.304 e. The summed E-state index contributed by atoms with van der Waals surface area (Å²) in [4.78, 5) is 22.7. The monoisotopic (exact) mass is 575 g/mol. The van der Waals surface area contributed by atoms with E-state index >= 15 is 0 Å². The summed E-state index contributed by atoms with van der Waals surface area (Å²) in [7, 11) is -2.02. The smallest absolute Gasteiger partial charge is 0.304 e. The maximum absolute atomic E-state index is 11.6. The van der Waals surface area contributed by atoms with Crippen molar-refractivity contribution in [3.8, 4) is 5.75 Å². The standard InChI is InChI=1S/C25H26ClN5O3.CH4O3S/c1-25(11-22(32)33)14-31(20-6-4-3-5-17(20)25)23-18(26)13-28-24(30-23)29-19-9-16-12-27-8-7-15(16)10-21(19)34-2;1-5(2,3)4/h3-6,9-10,13,27H,7-8,11-12,14H2,1-2H3,(H,32,33)(H,28,29,30);1H3,(H,2,3,4). The van der Waals surface area contributed by atoms with Gasteiger partial charge in [0.05, 0.1) is 31.7 Å². The van der Waals surface area contributed by atoms with Crippen molar-refractivity contribution in [2.45, 2.75) is 31.7 Å². The molecule has 0 saturated heterocycles. The molecule has 5 rings (SSSR count). The molecule has 11 nitrogen and oxygen atoms in total. The molecule has 0 saturated carbocycles. The van der Waals surface area contributed by atoms with Gasteiger partial charge in [-0.1, -0.05) is 36.7 Å². The van der Waals surface area contributed by atoms with E-state index < -0.39 is 21.5 Å². The highest BCUT2D eigenvalue weighted by atomic mass is 35.5. The second-order valence-electron chi connectivity index (χ2n) is 9.71. The van der Waals surface area contributed by atoms with Crippen LogP contribution in [0.25, 0.3) is 0 Å². The van der Waals surface area contributed by atoms with Crippen molar-refractivity contribution >= 4 is 50.8 Å². The van der Waals surface area contributed by atoms with Gasteiger partial charge in [-0.25, -0.2) is 4.98 Å². The number of halogens is 1. The molecular formula is C26H30ClN5O6S. The number of benzene rings is 2. The van der Waals surface area contributed by atoms with Crippen LogP contribution in [-0.2, 0) is 33.3 Å². The van der Waals surface area contributed by atoms with Gasteiger partial charge in [0.25, 0.3) is 10.1 Å². The van der Waals surface area contributed by atoms with E-state index in [0.29, 0.717) is 29.6 Å². The molecular weight excluding hydrogens is 546 g/mol. The number of fused-ring (bicyclic) bond motifs is 2. The van der Waals surface area contributed by atoms with Gasteiger partial charge in [-0.2, -0.15) is 13.4 Å². The Kier molecular flexibility index (Phi) is 8.31. The number of aromatic nitrogens is 2. The Morgan fingerprint density at radius 1 is 1.28 bits per heavy atom. The van der Waals surface area contributed by atoms with Crippen LogP contribution in [0.15, 0.2) is 42.6 Å². The van der Waals surface area contributed by atoms with Gasteiger partial charge in [-0.05, 0) is 47.9 Å². The lowest BCUT2D eigenvalue weighted by molar-refractivity contribution is -0.138. The third-order valence-electron chi connectivity index (χ3n) is 6.53. The predicted molar refractivity (Wildman–Crippen MR) is 149 cm³/mol. The Balaban J connectivity index is 0.000000648. The second kappa shape index (κ2) is 11.3. The summed E-state index contributed by atoms with van der Waals surface area (Å²) in [6, 6.07) is 11.9. The van der Waals surface area contributed by atoms with Crippen molar-refractivity contribution in [1.29, 1.82) is 0 Å². The molecule has 0 radical (unpaired) electrons. The summed E-state index contributed by atoms with van der Waals surface area (Å²) in [5.74, 6) is 0.788. The number of ether oxygens (including phenoxy) is 1. The zero-order valence-corrected chi connectivity index (χ0v) is 23.3. The molecule has 1 aromatic heterocycles. The number of hydrogen-bond donors (Lipinski definition) is 4. The summed E-state index contributed by atoms with van der Waals surface area (Å²) in [5, 5.41) is 16.6. The van der Waals surface area contributed by atoms with E-state index in [0.717, 1.165) is 42.2 Å². The van der Waals surface area contributed by atoms with Gasteiger partial charge in [-0.3, -0.25) is 9.35 Å². The minimum absolute atomic E-state index is 0.00861. The Morgan fingerprint density at radius 3 is 2.69 bits per heavy atom. The van der Waals surface area contributed by atoms with Crippen LogP contribution in [-0.4, -0.2) is 60.5 Å². The predicted octanol–water partition coefficient (Wildman–Crippen LogP) is 3.92. The van der Waals surface area contributed by atoms with Crippen LogP contribution in [0, 0.1) is 0 Å². The summed E-state index contributed by atoms with van der Waals surface area (Å²) >= 11 is 6.55. The highest BCUT2D eigenvalue weighted by Crippen LogP contribution is 2.47. The second-order valence-corrected chi connectivity index (χ2v) is 11.6. The third kappa shape index (κ3) is 6.77. The molecule has 39 heavy (non-hydrogen) atoms. The Morgan fingerprint density at radius 2 is 2.00 bits per heavy atom. The van der Waals surface area contributed by atoms with E-state index in [1.165, 1.54) is 11.1 Å². The van der Waals surface area contributed by atoms with Gasteiger partial charge in [0.1, 0.15) is 10.8 Å². The fourth-order valence-corrected chi connectivity index (χ4v) is 5.11. The molecule has 0 bridgehead atoms. The lowest BCUT2D eigenvalue weighted by Gasteiger charge is -2.25. The molecule has 2 aliphatic heterocycles. The quantitative estimate of drug-likeness (QED) is 0.316. The number of anilines is 4. The number of rotatable bonds is 6. The molecule has 0 aliphatic carbocycles. The first-order valence-electron chi connectivity index (χ1n) is 12.1. The molecule has 2 aromatic carbocycles. The van der Waals surface area contributed by atoms with E-state index in [1.54, 1.807) is 13.3 Å². The van der Waals surface area contributed by atoms with E-state index in [-0.39, 0.29) is 6.42 Å². The average molecular weight is 576 g/mol. The topological polar surface area (TPSA) is 154 Å². The summed E-state index contributed by atoms with van der Waals surface area (Å²) in [5.41, 5.74) is 4.54. The first kappa shape index (κ1) is 28.6. The summed E-state index contributed by atoms with van der Waals surface area (Å²) < 4.78 is 31.5. The van der Waals surface area contributed by atoms with Crippen LogP contribution in [0.3, 0.4) is 0 Å². The number of carbonyl (C=O) groups is 1. The lowest BCUT2D eigenvalue weighted by atomic mass is 9.81. The van der Waals surface area contributed by atoms with Gasteiger partial charge in [0.15, 0.2) is 5.82 Å². The van der Waals surface area contributed by atoms with E-state index in [1.807, 2.05) is 36.1 Å². The molecule has 3 aromatic rings. The van der Waals surface area contributed by atoms with E-state index in [9.17, 15) is 18.3 Å². The fourth-order valence-electron chi connectivity index (χ4n) is 4.92. The van der Waals surface area contributed by atoms with Gasteiger partial charge in [-0.15, -0.1) is 0 Å². The number of carboxylic acid groups (broad SMARTS) is 1. The van der Waals surface area contributed by atoms with Crippen LogP contribution < -0.4 is 20.3 Å². The average Bonchev–Trinajstić information content (AvgIpc) is 3.15. The van der Waals surface area contributed by atoms with Crippen molar-refractivity contribution < 1.29 is 27.6 Å². The number of hydrogen-bond acceptors (Lipinski definition) is 9. The number of para-hydroxylation sites is 1. The molecule has 0 fully saturated rings. The Bertz CT molecular complexity index is 1490. The number of aliphatic carboxylic acids is 1. The maximum atomic E-state index is 11.6. The SMILES string of the molecule is COc1cc2c(cc1Nc1ncc(Cl)c(N3CC(C)(CC(=O)O)c4ccccc43)n1)CNCC2.CS(=O)(=O)O. The highest BCUT2D eigenvalue weighted by molar-refractivity contribution is 7.85. The molecule has 2 aliphatic rings. The zero-order chi connectivity index (χ0) is 28.4. The molecule has 1 unspecified atom stereocenters. The van der Waals surface area contributed by atoms with Crippen molar-refractivity contribution in [3.05, 3.63) is 64.3 Å². The highest BCUT2D eigenvalue weighted by Gasteiger charge is 2.42. The summed E-state index contributed by atoms with van der Waals surface area (Å²) in [6.07, 6.45) is 3.24. The van der Waals surface area contributed by atoms with Crippen LogP contribution >= 0.6 is 11.6 Å². The van der Waals surface area contributed by atoms with Gasteiger partial charge in [0.2, 0.25) is 5.95 Å². The molecule has 4 N–H and O–H groups in total. The van der Waals surface area contributed by atoms with Crippen LogP contribution in [0.2, 0.25) is 5.02 Å². The first-order chi connectivity index (χ1) is 18.4. The fraction of sp³-hybridized carbons (Fsp3) is 0.346. The van der Waals surface area contributed by atoms with Crippen LogP contribution in [0.4, 0.5) is 23.1 Å². The largest absolute Gasteiger partial charge is 0.495 e. The van der Waals surface area contributed by atoms with E-state index in [2.05, 4.69) is 27.8 Å². The van der Waals surface area contributed by atoms with Crippen LogP contribution in [0.5, 0.6) is 5.75 Å². The molecule has 0 spiro atoms. The van der Waals surface area contributed by atoms with Crippen molar-refractivity contribution in [1.82, 2.24) is 15.3 Å². The number of methoxy groups -OCH3 is 1. The molecule has 1 atom stereocenters. The lowest BCUT2D eigenvalue weighted by Crippen LogP contribution is -2.31. The first-order valence-corrected chi connectivity index (χ1v) is 14.3. The minimum atomic E-state index is -3.67. The molecule has 0 amide bonds. The minimum Gasteiger partial charge on any atom is -0.495 e. The number of carboxylic acids is 1. The van der Waals surface area contributed by atoms with Crippen LogP contribution in [0.1, 0.15) is 30.0 Å². The number of nitrogens with zero attached hydrogens (tertiary/aromatic N) is 3. The third-order valence-corrected chi connectivity index (χ3v) is 6.80. The molecule has 13 heteroatoms. The molecule has 208 valence electrons. The zero-order valence-electron chi connectivity index (χ0n) is 21.7. The summed E-state index contributed by atoms with van der Waals surface area (Å²) in [6.45, 7) is 4.15. The number of nitrogens with one attached hydrogen (secondary N) is 2. The van der Waals surface area contributed by atoms with Crippen molar-refractivity contribution in [2.75, 3.05) is 36.7 Å². The van der Waals surface area contributed by atoms with Crippen molar-refractivity contribution in [3.63, 3.8) is 0 Å². The van der Waals surface area contributed by atoms with Gasteiger partial charge < -0.3 is 25.4 Å². The molecule has 3 heterocycles. The van der Waals surface area contributed by atoms with Gasteiger partial charge in [0, 0.05) is 24.2 Å². The normalized spacial score (nSPS) is 17.9.